The Balaban J connectivity index is 1.69. The Morgan fingerprint density at radius 3 is 2.65 bits per heavy atom. The number of anilines is 1. The van der Waals surface area contributed by atoms with Gasteiger partial charge in [-0.2, -0.15) is 13.2 Å². The summed E-state index contributed by atoms with van der Waals surface area (Å²) in [6.45, 7) is 4.17. The lowest BCUT2D eigenvalue weighted by atomic mass is 10.0. The van der Waals surface area contributed by atoms with E-state index in [0.717, 1.165) is 6.07 Å². The van der Waals surface area contributed by atoms with Gasteiger partial charge >= 0.3 is 6.18 Å². The van der Waals surface area contributed by atoms with E-state index in [9.17, 15) is 18.0 Å². The molecule has 1 aliphatic rings. The van der Waals surface area contributed by atoms with Crippen molar-refractivity contribution >= 4 is 17.7 Å². The van der Waals surface area contributed by atoms with Crippen LogP contribution in [0.5, 0.6) is 5.75 Å². The highest BCUT2D eigenvalue weighted by molar-refractivity contribution is 5.92. The van der Waals surface area contributed by atoms with Gasteiger partial charge in [-0.1, -0.05) is 24.3 Å². The van der Waals surface area contributed by atoms with Crippen LogP contribution in [0.4, 0.5) is 18.9 Å². The number of amides is 1. The molecule has 2 aromatic carbocycles. The van der Waals surface area contributed by atoms with Gasteiger partial charge in [-0.05, 0) is 36.8 Å². The van der Waals surface area contributed by atoms with E-state index in [1.807, 2.05) is 24.0 Å². The summed E-state index contributed by atoms with van der Waals surface area (Å²) in [4.78, 5) is 14.1. The van der Waals surface area contributed by atoms with E-state index in [1.165, 1.54) is 12.1 Å². The molecule has 1 amide bonds. The number of para-hydroxylation sites is 1. The molecule has 0 spiro atoms. The number of carbonyl (C=O) groups is 1. The number of nitrogens with one attached hydrogen (secondary N) is 1. The van der Waals surface area contributed by atoms with Crippen LogP contribution in [0.1, 0.15) is 23.6 Å². The van der Waals surface area contributed by atoms with E-state index in [0.29, 0.717) is 49.9 Å². The number of ether oxygens (including phenoxy) is 2. The molecule has 2 aromatic rings. The summed E-state index contributed by atoms with van der Waals surface area (Å²) >= 11 is 0. The van der Waals surface area contributed by atoms with Crippen LogP contribution in [0.2, 0.25) is 0 Å². The van der Waals surface area contributed by atoms with Crippen LogP contribution in [-0.2, 0) is 22.3 Å². The first-order chi connectivity index (χ1) is 14.9. The third-order valence-electron chi connectivity index (χ3n) is 4.86. The zero-order valence-electron chi connectivity index (χ0n) is 17.2. The molecule has 1 aliphatic heterocycles. The Morgan fingerprint density at radius 2 is 1.94 bits per heavy atom. The number of nitrogens with zero attached hydrogens (tertiary/aromatic N) is 1. The minimum absolute atomic E-state index is 0.0148. The number of benzene rings is 2. The van der Waals surface area contributed by atoms with E-state index in [2.05, 4.69) is 5.32 Å². The molecule has 1 fully saturated rings. The maximum Gasteiger partial charge on any atom is 0.416 e. The molecule has 0 aromatic heterocycles. The molecule has 0 bridgehead atoms. The summed E-state index contributed by atoms with van der Waals surface area (Å²) in [5.74, 6) is 0.142. The molecule has 166 valence electrons. The van der Waals surface area contributed by atoms with Gasteiger partial charge in [-0.15, -0.1) is 0 Å². The smallest absolute Gasteiger partial charge is 0.416 e. The molecule has 5 nitrogen and oxygen atoms in total. The van der Waals surface area contributed by atoms with Gasteiger partial charge in [0.15, 0.2) is 0 Å². The first-order valence-electron chi connectivity index (χ1n) is 10.1. The van der Waals surface area contributed by atoms with Gasteiger partial charge in [-0.25, -0.2) is 0 Å². The topological polar surface area (TPSA) is 50.8 Å². The van der Waals surface area contributed by atoms with Crippen molar-refractivity contribution in [3.63, 3.8) is 0 Å². The highest BCUT2D eigenvalue weighted by atomic mass is 19.4. The van der Waals surface area contributed by atoms with Crippen LogP contribution in [0, 0.1) is 0 Å². The van der Waals surface area contributed by atoms with Crippen LogP contribution in [0.3, 0.4) is 0 Å². The number of hydrogen-bond donors (Lipinski definition) is 1. The molecule has 1 heterocycles. The molecule has 0 saturated carbocycles. The summed E-state index contributed by atoms with van der Waals surface area (Å²) in [5, 5.41) is 2.53. The number of alkyl halides is 3. The van der Waals surface area contributed by atoms with Crippen molar-refractivity contribution in [1.29, 1.82) is 0 Å². The summed E-state index contributed by atoms with van der Waals surface area (Å²) in [6, 6.07) is 11.4. The second kappa shape index (κ2) is 10.3. The van der Waals surface area contributed by atoms with Crippen LogP contribution in [0.15, 0.2) is 48.5 Å². The maximum atomic E-state index is 13.6. The Bertz CT molecular complexity index is 923. The average molecular weight is 434 g/mol. The van der Waals surface area contributed by atoms with Crippen molar-refractivity contribution in [2.75, 3.05) is 37.8 Å². The first-order valence-corrected chi connectivity index (χ1v) is 10.1. The van der Waals surface area contributed by atoms with Crippen molar-refractivity contribution in [1.82, 2.24) is 5.32 Å². The van der Waals surface area contributed by atoms with Crippen LogP contribution in [-0.4, -0.2) is 38.8 Å². The molecule has 0 unspecified atom stereocenters. The fourth-order valence-electron chi connectivity index (χ4n) is 3.31. The third kappa shape index (κ3) is 6.24. The zero-order chi connectivity index (χ0) is 22.3. The lowest BCUT2D eigenvalue weighted by molar-refractivity contribution is -0.138. The molecule has 0 atom stereocenters. The van der Waals surface area contributed by atoms with Crippen molar-refractivity contribution in [2.45, 2.75) is 19.6 Å². The summed E-state index contributed by atoms with van der Waals surface area (Å²) in [6.07, 6.45) is -1.66. The van der Waals surface area contributed by atoms with Crippen molar-refractivity contribution < 1.29 is 27.4 Å². The maximum absolute atomic E-state index is 13.6. The summed E-state index contributed by atoms with van der Waals surface area (Å²) in [7, 11) is 0. The van der Waals surface area contributed by atoms with E-state index in [4.69, 9.17) is 9.47 Å². The third-order valence-corrected chi connectivity index (χ3v) is 4.86. The number of carbonyl (C=O) groups excluding carboxylic acids is 1. The van der Waals surface area contributed by atoms with Gasteiger partial charge in [0.2, 0.25) is 5.91 Å². The van der Waals surface area contributed by atoms with E-state index in [-0.39, 0.29) is 12.1 Å². The monoisotopic (exact) mass is 434 g/mol. The molecule has 0 aliphatic carbocycles. The fourth-order valence-corrected chi connectivity index (χ4v) is 3.31. The van der Waals surface area contributed by atoms with Crippen LogP contribution in [0.25, 0.3) is 6.08 Å². The van der Waals surface area contributed by atoms with Gasteiger partial charge in [0, 0.05) is 37.0 Å². The van der Waals surface area contributed by atoms with E-state index in [1.54, 1.807) is 24.3 Å². The van der Waals surface area contributed by atoms with Gasteiger partial charge < -0.3 is 19.7 Å². The highest BCUT2D eigenvalue weighted by Crippen LogP contribution is 2.35. The molecule has 31 heavy (non-hydrogen) atoms. The van der Waals surface area contributed by atoms with Gasteiger partial charge in [-0.3, -0.25) is 4.79 Å². The average Bonchev–Trinajstić information content (AvgIpc) is 2.77. The Kier molecular flexibility index (Phi) is 7.57. The lowest BCUT2D eigenvalue weighted by Crippen LogP contribution is -2.36. The Labute approximate surface area is 179 Å². The highest BCUT2D eigenvalue weighted by Gasteiger charge is 2.34. The predicted molar refractivity (Wildman–Crippen MR) is 113 cm³/mol. The SMILES string of the molecule is CCOc1ccccc1C=CC(=O)NCc1ccc(N2CCOCC2)cc1C(F)(F)F. The number of morpholine rings is 1. The number of hydrogen-bond acceptors (Lipinski definition) is 4. The Hall–Kier alpha value is -3.00. The molecule has 8 heteroatoms. The van der Waals surface area contributed by atoms with Gasteiger partial charge in [0.25, 0.3) is 0 Å². The molecule has 0 radical (unpaired) electrons. The van der Waals surface area contributed by atoms with Crippen LogP contribution < -0.4 is 15.0 Å². The van der Waals surface area contributed by atoms with Gasteiger partial charge in [0.05, 0.1) is 25.4 Å². The minimum atomic E-state index is -4.52. The summed E-state index contributed by atoms with van der Waals surface area (Å²) in [5.41, 5.74) is 0.479. The first kappa shape index (κ1) is 22.7. The largest absolute Gasteiger partial charge is 0.493 e. The second-order valence-corrected chi connectivity index (χ2v) is 6.96. The number of rotatable bonds is 7. The molecular formula is C23H25F3N2O3. The molecule has 1 N–H and O–H groups in total. The van der Waals surface area contributed by atoms with E-state index < -0.39 is 17.6 Å². The number of halogens is 3. The zero-order valence-corrected chi connectivity index (χ0v) is 17.2. The standard InChI is InChI=1S/C23H25F3N2O3/c1-2-31-21-6-4-3-5-17(21)8-10-22(29)27-16-18-7-9-19(15-20(18)23(24,25)26)28-11-13-30-14-12-28/h3-10,15H,2,11-14,16H2,1H3,(H,27,29). The molecular weight excluding hydrogens is 409 g/mol. The minimum Gasteiger partial charge on any atom is -0.493 e. The van der Waals surface area contributed by atoms with Crippen molar-refractivity contribution in [3.05, 3.63) is 65.2 Å². The quantitative estimate of drug-likeness (QED) is 0.662. The lowest BCUT2D eigenvalue weighted by Gasteiger charge is -2.29. The summed E-state index contributed by atoms with van der Waals surface area (Å²) < 4.78 is 51.6. The van der Waals surface area contributed by atoms with Gasteiger partial charge in [0.1, 0.15) is 5.75 Å². The van der Waals surface area contributed by atoms with Crippen molar-refractivity contribution in [3.8, 4) is 5.75 Å². The van der Waals surface area contributed by atoms with Crippen molar-refractivity contribution in [2.24, 2.45) is 0 Å². The Morgan fingerprint density at radius 1 is 1.19 bits per heavy atom. The molecule has 3 rings (SSSR count). The van der Waals surface area contributed by atoms with E-state index >= 15 is 0 Å². The second-order valence-electron chi connectivity index (χ2n) is 6.96. The fraction of sp³-hybridized carbons (Fsp3) is 0.348. The normalized spacial score (nSPS) is 14.6. The van der Waals surface area contributed by atoms with Crippen LogP contribution >= 0.6 is 0 Å². The predicted octanol–water partition coefficient (Wildman–Crippen LogP) is 4.27. The molecule has 1 saturated heterocycles.